The topological polar surface area (TPSA) is 61.7 Å². The summed E-state index contributed by atoms with van der Waals surface area (Å²) in [4.78, 5) is 0. The van der Waals surface area contributed by atoms with Crippen LogP contribution in [0.15, 0.2) is 0 Å². The summed E-state index contributed by atoms with van der Waals surface area (Å²) in [7, 11) is 0. The number of aliphatic hydroxyl groups excluding tert-OH is 2. The molecule has 0 radical (unpaired) electrons. The molecule has 4 nitrogen and oxygen atoms in total. The van der Waals surface area contributed by atoms with E-state index in [2.05, 4.69) is 26.1 Å². The van der Waals surface area contributed by atoms with Gasteiger partial charge >= 0.3 is 0 Å². The molecule has 1 saturated carbocycles. The first-order valence-electron chi connectivity index (χ1n) is 7.66. The van der Waals surface area contributed by atoms with Crippen molar-refractivity contribution in [1.82, 2.24) is 5.32 Å². The summed E-state index contributed by atoms with van der Waals surface area (Å²) in [6.45, 7) is 7.37. The van der Waals surface area contributed by atoms with Crippen molar-refractivity contribution >= 4 is 0 Å². The molecule has 0 spiro atoms. The Hall–Kier alpha value is -0.160. The average molecular weight is 273 g/mol. The Morgan fingerprint density at radius 3 is 2.37 bits per heavy atom. The van der Waals surface area contributed by atoms with Gasteiger partial charge in [-0.05, 0) is 37.5 Å². The second-order valence-electron chi connectivity index (χ2n) is 6.31. The third-order valence-corrected chi connectivity index (χ3v) is 4.10. The van der Waals surface area contributed by atoms with Crippen molar-refractivity contribution in [2.24, 2.45) is 11.8 Å². The molecule has 1 aliphatic carbocycles. The maximum Gasteiger partial charge on any atom is 0.0897 e. The minimum absolute atomic E-state index is 0.0465. The van der Waals surface area contributed by atoms with E-state index in [1.165, 1.54) is 12.8 Å². The molecule has 0 aromatic rings. The van der Waals surface area contributed by atoms with E-state index in [4.69, 9.17) is 4.74 Å². The van der Waals surface area contributed by atoms with Gasteiger partial charge in [0.2, 0.25) is 0 Å². The quantitative estimate of drug-likeness (QED) is 0.628. The van der Waals surface area contributed by atoms with Gasteiger partial charge in [0.1, 0.15) is 0 Å². The first-order chi connectivity index (χ1) is 9.02. The van der Waals surface area contributed by atoms with Crippen LogP contribution in [0, 0.1) is 11.8 Å². The summed E-state index contributed by atoms with van der Waals surface area (Å²) in [5.74, 6) is 1.18. The van der Waals surface area contributed by atoms with Crippen LogP contribution in [0.4, 0.5) is 0 Å². The first kappa shape index (κ1) is 16.9. The van der Waals surface area contributed by atoms with Gasteiger partial charge in [0, 0.05) is 12.6 Å². The van der Waals surface area contributed by atoms with Crippen molar-refractivity contribution in [1.29, 1.82) is 0 Å². The summed E-state index contributed by atoms with van der Waals surface area (Å²) in [6.07, 6.45) is 4.54. The van der Waals surface area contributed by atoms with Crippen molar-refractivity contribution in [3.05, 3.63) is 0 Å². The molecule has 19 heavy (non-hydrogen) atoms. The standard InChI is InChI=1S/C15H31NO3/c1-11(2)15(9-17)16-8-13(18)10-19-14-6-4-12(3)5-7-14/h11-18H,4-10H2,1-3H3/t12?,13?,14?,15-/m1/s1. The number of nitrogens with one attached hydrogen (secondary N) is 1. The van der Waals surface area contributed by atoms with E-state index in [0.29, 0.717) is 25.2 Å². The second kappa shape index (κ2) is 8.90. The number of ether oxygens (including phenoxy) is 1. The number of aliphatic hydroxyl groups is 2. The Balaban J connectivity index is 2.12. The predicted octanol–water partition coefficient (Wildman–Crippen LogP) is 1.55. The summed E-state index contributed by atoms with van der Waals surface area (Å²) in [6, 6.07) is 0.0465. The van der Waals surface area contributed by atoms with E-state index < -0.39 is 6.10 Å². The van der Waals surface area contributed by atoms with Crippen LogP contribution >= 0.6 is 0 Å². The van der Waals surface area contributed by atoms with Gasteiger partial charge in [0.05, 0.1) is 25.4 Å². The van der Waals surface area contributed by atoms with Crippen LogP contribution in [-0.4, -0.2) is 48.2 Å². The monoisotopic (exact) mass is 273 g/mol. The summed E-state index contributed by atoms with van der Waals surface area (Å²) in [5, 5.41) is 22.3. The molecule has 4 heteroatoms. The van der Waals surface area contributed by atoms with Gasteiger partial charge in [-0.15, -0.1) is 0 Å². The lowest BCUT2D eigenvalue weighted by Crippen LogP contribution is -2.42. The van der Waals surface area contributed by atoms with Crippen LogP contribution in [0.1, 0.15) is 46.5 Å². The first-order valence-corrected chi connectivity index (χ1v) is 7.66. The highest BCUT2D eigenvalue weighted by Crippen LogP contribution is 2.25. The van der Waals surface area contributed by atoms with Crippen molar-refractivity contribution in [3.8, 4) is 0 Å². The van der Waals surface area contributed by atoms with Gasteiger partial charge in [-0.25, -0.2) is 0 Å². The van der Waals surface area contributed by atoms with Gasteiger partial charge in [-0.3, -0.25) is 0 Å². The van der Waals surface area contributed by atoms with Crippen molar-refractivity contribution in [3.63, 3.8) is 0 Å². The predicted molar refractivity (Wildman–Crippen MR) is 77.1 cm³/mol. The van der Waals surface area contributed by atoms with Gasteiger partial charge < -0.3 is 20.3 Å². The van der Waals surface area contributed by atoms with Crippen LogP contribution in [0.25, 0.3) is 0 Å². The van der Waals surface area contributed by atoms with E-state index >= 15 is 0 Å². The fourth-order valence-electron chi connectivity index (χ4n) is 2.50. The molecule has 0 aromatic heterocycles. The fourth-order valence-corrected chi connectivity index (χ4v) is 2.50. The summed E-state index contributed by atoms with van der Waals surface area (Å²) >= 11 is 0. The van der Waals surface area contributed by atoms with E-state index in [9.17, 15) is 10.2 Å². The molecule has 1 rings (SSSR count). The summed E-state index contributed by atoms with van der Waals surface area (Å²) < 4.78 is 5.77. The van der Waals surface area contributed by atoms with Crippen molar-refractivity contribution in [2.75, 3.05) is 19.8 Å². The molecule has 1 unspecified atom stereocenters. The Labute approximate surface area is 117 Å². The van der Waals surface area contributed by atoms with Crippen molar-refractivity contribution in [2.45, 2.75) is 64.7 Å². The highest BCUT2D eigenvalue weighted by Gasteiger charge is 2.20. The van der Waals surface area contributed by atoms with Crippen LogP contribution < -0.4 is 5.32 Å². The van der Waals surface area contributed by atoms with Crippen LogP contribution in [-0.2, 0) is 4.74 Å². The Kier molecular flexibility index (Phi) is 7.91. The molecule has 1 aliphatic rings. The van der Waals surface area contributed by atoms with E-state index in [-0.39, 0.29) is 12.6 Å². The Bertz CT molecular complexity index is 227. The maximum absolute atomic E-state index is 9.89. The summed E-state index contributed by atoms with van der Waals surface area (Å²) in [5.41, 5.74) is 0. The molecule has 0 aromatic carbocycles. The number of rotatable bonds is 8. The minimum Gasteiger partial charge on any atom is -0.395 e. The molecule has 0 aliphatic heterocycles. The zero-order valence-electron chi connectivity index (χ0n) is 12.6. The molecule has 0 heterocycles. The molecular weight excluding hydrogens is 242 g/mol. The van der Waals surface area contributed by atoms with Crippen molar-refractivity contribution < 1.29 is 14.9 Å². The normalized spacial score (nSPS) is 27.5. The number of hydrogen-bond donors (Lipinski definition) is 3. The van der Waals surface area contributed by atoms with Gasteiger partial charge in [0.15, 0.2) is 0 Å². The van der Waals surface area contributed by atoms with E-state index in [0.717, 1.165) is 18.8 Å². The molecule has 1 fully saturated rings. The smallest absolute Gasteiger partial charge is 0.0897 e. The van der Waals surface area contributed by atoms with E-state index in [1.807, 2.05) is 0 Å². The molecule has 0 saturated heterocycles. The molecular formula is C15H31NO3. The highest BCUT2D eigenvalue weighted by molar-refractivity contribution is 4.73. The highest BCUT2D eigenvalue weighted by atomic mass is 16.5. The zero-order chi connectivity index (χ0) is 14.3. The largest absolute Gasteiger partial charge is 0.395 e. The Morgan fingerprint density at radius 1 is 1.21 bits per heavy atom. The lowest BCUT2D eigenvalue weighted by molar-refractivity contribution is -0.0291. The van der Waals surface area contributed by atoms with Gasteiger partial charge in [-0.2, -0.15) is 0 Å². The lowest BCUT2D eigenvalue weighted by Gasteiger charge is -2.27. The second-order valence-corrected chi connectivity index (χ2v) is 6.31. The minimum atomic E-state index is -0.493. The van der Waals surface area contributed by atoms with Gasteiger partial charge in [-0.1, -0.05) is 20.8 Å². The SMILES string of the molecule is CC1CCC(OCC(O)CN[C@H](CO)C(C)C)CC1. The van der Waals surface area contributed by atoms with Crippen LogP contribution in [0.3, 0.4) is 0 Å². The molecule has 2 atom stereocenters. The van der Waals surface area contributed by atoms with Crippen LogP contribution in [0.5, 0.6) is 0 Å². The average Bonchev–Trinajstić information content (AvgIpc) is 2.38. The third-order valence-electron chi connectivity index (χ3n) is 4.10. The zero-order valence-corrected chi connectivity index (χ0v) is 12.6. The fraction of sp³-hybridized carbons (Fsp3) is 1.00. The van der Waals surface area contributed by atoms with Crippen LogP contribution in [0.2, 0.25) is 0 Å². The lowest BCUT2D eigenvalue weighted by atomic mass is 9.89. The molecule has 0 amide bonds. The number of hydrogen-bond acceptors (Lipinski definition) is 4. The molecule has 3 N–H and O–H groups in total. The maximum atomic E-state index is 9.89. The molecule has 0 bridgehead atoms. The van der Waals surface area contributed by atoms with E-state index in [1.54, 1.807) is 0 Å². The van der Waals surface area contributed by atoms with Gasteiger partial charge in [0.25, 0.3) is 0 Å². The third kappa shape index (κ3) is 6.70. The Morgan fingerprint density at radius 2 is 1.84 bits per heavy atom. The molecule has 114 valence electrons.